The fourth-order valence-corrected chi connectivity index (χ4v) is 3.61. The predicted octanol–water partition coefficient (Wildman–Crippen LogP) is 4.07. The summed E-state index contributed by atoms with van der Waals surface area (Å²) in [7, 11) is -1.07. The SMILES string of the molecule is C[Si](C)(C)CCOCn1cnc2ccc(C(N)C3(C#N)CC3)cc21.Cl. The molecule has 0 aliphatic heterocycles. The van der Waals surface area contributed by atoms with E-state index in [1.807, 2.05) is 23.0 Å². The summed E-state index contributed by atoms with van der Waals surface area (Å²) >= 11 is 0. The Hall–Kier alpha value is -1.39. The molecule has 1 unspecified atom stereocenters. The average Bonchev–Trinajstić information content (AvgIpc) is 3.25. The molecule has 1 atom stereocenters. The maximum absolute atomic E-state index is 9.36. The summed E-state index contributed by atoms with van der Waals surface area (Å²) in [6, 6.07) is 9.35. The monoisotopic (exact) mass is 378 g/mol. The van der Waals surface area contributed by atoms with Crippen molar-refractivity contribution in [3.8, 4) is 6.07 Å². The molecule has 5 nitrogen and oxygen atoms in total. The van der Waals surface area contributed by atoms with Crippen molar-refractivity contribution in [2.45, 2.75) is 51.3 Å². The van der Waals surface area contributed by atoms with Crippen LogP contribution in [0.4, 0.5) is 0 Å². The zero-order valence-electron chi connectivity index (χ0n) is 15.2. The third kappa shape index (κ3) is 4.42. The van der Waals surface area contributed by atoms with E-state index in [0.717, 1.165) is 42.1 Å². The lowest BCUT2D eigenvalue weighted by atomic mass is 9.92. The minimum Gasteiger partial charge on any atom is -0.361 e. The van der Waals surface area contributed by atoms with Gasteiger partial charge in [0.1, 0.15) is 6.73 Å². The van der Waals surface area contributed by atoms with Crippen LogP contribution in [0.1, 0.15) is 24.4 Å². The van der Waals surface area contributed by atoms with Crippen molar-refractivity contribution in [1.82, 2.24) is 9.55 Å². The largest absolute Gasteiger partial charge is 0.361 e. The number of halogens is 1. The van der Waals surface area contributed by atoms with Gasteiger partial charge in [-0.25, -0.2) is 4.98 Å². The number of nitrogens with two attached hydrogens (primary N) is 1. The first-order valence-electron chi connectivity index (χ1n) is 8.54. The third-order valence-corrected chi connectivity index (χ3v) is 6.54. The lowest BCUT2D eigenvalue weighted by molar-refractivity contribution is 0.0898. The molecule has 136 valence electrons. The van der Waals surface area contributed by atoms with Gasteiger partial charge in [-0.05, 0) is 36.6 Å². The number of hydrogen-bond acceptors (Lipinski definition) is 4. The number of nitriles is 1. The highest BCUT2D eigenvalue weighted by molar-refractivity contribution is 6.76. The van der Waals surface area contributed by atoms with Crippen LogP contribution in [0.3, 0.4) is 0 Å². The molecule has 1 fully saturated rings. The highest BCUT2D eigenvalue weighted by Crippen LogP contribution is 2.53. The van der Waals surface area contributed by atoms with Crippen LogP contribution in [0.2, 0.25) is 25.7 Å². The number of imidazole rings is 1. The maximum Gasteiger partial charge on any atom is 0.124 e. The van der Waals surface area contributed by atoms with Gasteiger partial charge in [0, 0.05) is 20.7 Å². The normalized spacial score (nSPS) is 16.9. The molecule has 25 heavy (non-hydrogen) atoms. The summed E-state index contributed by atoms with van der Waals surface area (Å²) < 4.78 is 7.85. The standard InChI is InChI=1S/C18H26N4OSi.ClH/c1-24(2,3)9-8-23-13-22-12-21-15-5-4-14(10-16(15)22)17(20)18(11-19)6-7-18;/h4-5,10,12,17H,6-9,13,20H2,1-3H3;1H. The first-order chi connectivity index (χ1) is 11.3. The average molecular weight is 379 g/mol. The van der Waals surface area contributed by atoms with Crippen LogP contribution in [0.5, 0.6) is 0 Å². The Morgan fingerprint density at radius 2 is 2.12 bits per heavy atom. The fourth-order valence-electron chi connectivity index (χ4n) is 2.86. The Labute approximate surface area is 156 Å². The van der Waals surface area contributed by atoms with Gasteiger partial charge < -0.3 is 15.0 Å². The van der Waals surface area contributed by atoms with Gasteiger partial charge in [-0.1, -0.05) is 25.7 Å². The molecular formula is C18H27ClN4OSi. The Kier molecular flexibility index (Phi) is 5.95. The van der Waals surface area contributed by atoms with Crippen LogP contribution in [0, 0.1) is 16.7 Å². The Balaban J connectivity index is 0.00000225. The molecule has 3 rings (SSSR count). The van der Waals surface area contributed by atoms with Crippen molar-refractivity contribution in [1.29, 1.82) is 5.26 Å². The van der Waals surface area contributed by atoms with E-state index in [0.29, 0.717) is 6.73 Å². The molecule has 1 aromatic carbocycles. The lowest BCUT2D eigenvalue weighted by Crippen LogP contribution is -2.22. The smallest absolute Gasteiger partial charge is 0.124 e. The first-order valence-corrected chi connectivity index (χ1v) is 12.2. The minimum atomic E-state index is -1.07. The molecule has 1 aliphatic rings. The highest BCUT2D eigenvalue weighted by Gasteiger charge is 2.49. The van der Waals surface area contributed by atoms with Crippen molar-refractivity contribution in [3.63, 3.8) is 0 Å². The number of benzene rings is 1. The van der Waals surface area contributed by atoms with Gasteiger partial charge in [-0.15, -0.1) is 12.4 Å². The van der Waals surface area contributed by atoms with Crippen LogP contribution in [-0.2, 0) is 11.5 Å². The molecular weight excluding hydrogens is 352 g/mol. The molecule has 1 aliphatic carbocycles. The molecule has 0 bridgehead atoms. The van der Waals surface area contributed by atoms with E-state index in [9.17, 15) is 5.26 Å². The Bertz CT molecular complexity index is 773. The van der Waals surface area contributed by atoms with Gasteiger partial charge in [0.05, 0.1) is 28.8 Å². The van der Waals surface area contributed by atoms with E-state index in [4.69, 9.17) is 10.5 Å². The van der Waals surface area contributed by atoms with E-state index in [-0.39, 0.29) is 23.9 Å². The molecule has 0 spiro atoms. The van der Waals surface area contributed by atoms with Crippen LogP contribution in [0.25, 0.3) is 11.0 Å². The van der Waals surface area contributed by atoms with E-state index < -0.39 is 8.07 Å². The maximum atomic E-state index is 9.36. The summed E-state index contributed by atoms with van der Waals surface area (Å²) in [5.74, 6) is 0. The van der Waals surface area contributed by atoms with Crippen molar-refractivity contribution >= 4 is 31.5 Å². The zero-order chi connectivity index (χ0) is 17.4. The number of aromatic nitrogens is 2. The van der Waals surface area contributed by atoms with Gasteiger partial charge in [0.25, 0.3) is 0 Å². The summed E-state index contributed by atoms with van der Waals surface area (Å²) in [5.41, 5.74) is 8.93. The summed E-state index contributed by atoms with van der Waals surface area (Å²) in [4.78, 5) is 4.43. The second kappa shape index (κ2) is 7.46. The van der Waals surface area contributed by atoms with Gasteiger partial charge in [0.2, 0.25) is 0 Å². The van der Waals surface area contributed by atoms with Crippen LogP contribution < -0.4 is 5.73 Å². The van der Waals surface area contributed by atoms with Crippen molar-refractivity contribution in [2.75, 3.05) is 6.61 Å². The summed E-state index contributed by atoms with van der Waals surface area (Å²) in [6.45, 7) is 8.33. The Morgan fingerprint density at radius 1 is 1.40 bits per heavy atom. The molecule has 1 heterocycles. The number of ether oxygens (including phenoxy) is 1. The molecule has 0 amide bonds. The quantitative estimate of drug-likeness (QED) is 0.581. The number of rotatable bonds is 7. The van der Waals surface area contributed by atoms with Gasteiger partial charge in [-0.2, -0.15) is 5.26 Å². The highest BCUT2D eigenvalue weighted by atomic mass is 35.5. The molecule has 1 saturated carbocycles. The van der Waals surface area contributed by atoms with E-state index >= 15 is 0 Å². The molecule has 2 aromatic rings. The number of hydrogen-bond donors (Lipinski definition) is 1. The van der Waals surface area contributed by atoms with E-state index in [1.165, 1.54) is 0 Å². The second-order valence-corrected chi connectivity index (χ2v) is 13.7. The predicted molar refractivity (Wildman–Crippen MR) is 105 cm³/mol. The van der Waals surface area contributed by atoms with Crippen molar-refractivity contribution in [2.24, 2.45) is 11.1 Å². The second-order valence-electron chi connectivity index (χ2n) is 8.06. The fraction of sp³-hybridized carbons (Fsp3) is 0.556. The van der Waals surface area contributed by atoms with Crippen LogP contribution in [-0.4, -0.2) is 24.2 Å². The lowest BCUT2D eigenvalue weighted by Gasteiger charge is -2.17. The summed E-state index contributed by atoms with van der Waals surface area (Å²) in [6.07, 6.45) is 3.59. The first kappa shape index (κ1) is 19.9. The van der Waals surface area contributed by atoms with Crippen molar-refractivity contribution in [3.05, 3.63) is 30.1 Å². The van der Waals surface area contributed by atoms with E-state index in [1.54, 1.807) is 0 Å². The topological polar surface area (TPSA) is 76.9 Å². The summed E-state index contributed by atoms with van der Waals surface area (Å²) in [5, 5.41) is 9.36. The molecule has 7 heteroatoms. The van der Waals surface area contributed by atoms with Crippen LogP contribution >= 0.6 is 12.4 Å². The zero-order valence-corrected chi connectivity index (χ0v) is 17.0. The van der Waals surface area contributed by atoms with E-state index in [2.05, 4.69) is 36.8 Å². The Morgan fingerprint density at radius 3 is 2.72 bits per heavy atom. The van der Waals surface area contributed by atoms with Gasteiger partial charge in [-0.3, -0.25) is 0 Å². The number of nitrogens with zero attached hydrogens (tertiary/aromatic N) is 3. The molecule has 0 saturated heterocycles. The van der Waals surface area contributed by atoms with Gasteiger partial charge >= 0.3 is 0 Å². The minimum absolute atomic E-state index is 0. The molecule has 2 N–H and O–H groups in total. The van der Waals surface area contributed by atoms with Crippen molar-refractivity contribution < 1.29 is 4.74 Å². The third-order valence-electron chi connectivity index (χ3n) is 4.84. The van der Waals surface area contributed by atoms with Gasteiger partial charge in [0.15, 0.2) is 0 Å². The molecule has 1 aromatic heterocycles. The number of fused-ring (bicyclic) bond motifs is 1. The molecule has 0 radical (unpaired) electrons. The van der Waals surface area contributed by atoms with Crippen LogP contribution in [0.15, 0.2) is 24.5 Å².